The Bertz CT molecular complexity index is 452. The zero-order valence-electron chi connectivity index (χ0n) is 11.1. The first-order chi connectivity index (χ1) is 9.17. The third kappa shape index (κ3) is 4.21. The van der Waals surface area contributed by atoms with Crippen LogP contribution in [0.4, 0.5) is 0 Å². The van der Waals surface area contributed by atoms with Crippen molar-refractivity contribution in [2.24, 2.45) is 11.7 Å². The molecule has 0 spiro atoms. The van der Waals surface area contributed by atoms with E-state index in [1.807, 2.05) is 24.3 Å². The summed E-state index contributed by atoms with van der Waals surface area (Å²) in [7, 11) is 0. The lowest BCUT2D eigenvalue weighted by atomic mass is 9.85. The molecule has 0 aliphatic heterocycles. The van der Waals surface area contributed by atoms with Crippen LogP contribution in [0.15, 0.2) is 29.8 Å². The minimum absolute atomic E-state index is 0.0923. The molecule has 0 atom stereocenters. The molecule has 2 rings (SSSR count). The summed E-state index contributed by atoms with van der Waals surface area (Å²) in [6.07, 6.45) is 6.99. The highest BCUT2D eigenvalue weighted by molar-refractivity contribution is 5.70. The van der Waals surface area contributed by atoms with Gasteiger partial charge in [0.15, 0.2) is 0 Å². The van der Waals surface area contributed by atoms with E-state index in [9.17, 15) is 4.79 Å². The molecule has 1 fully saturated rings. The van der Waals surface area contributed by atoms with Crippen LogP contribution in [0.3, 0.4) is 0 Å². The van der Waals surface area contributed by atoms with Crippen molar-refractivity contribution >= 4 is 12.0 Å². The highest BCUT2D eigenvalue weighted by Crippen LogP contribution is 2.28. The molecule has 0 heterocycles. The first-order valence-electron chi connectivity index (χ1n) is 6.87. The summed E-state index contributed by atoms with van der Waals surface area (Å²) in [5.74, 6) is -0.0960. The molecule has 0 aromatic heterocycles. The van der Waals surface area contributed by atoms with Crippen molar-refractivity contribution in [1.82, 2.24) is 0 Å². The highest BCUT2D eigenvalue weighted by atomic mass is 16.4. The maximum Gasteiger partial charge on any atom is 0.307 e. The van der Waals surface area contributed by atoms with Crippen LogP contribution in [0.2, 0.25) is 0 Å². The standard InChI is InChI=1S/C16H21NO2/c17-11-15-7-5-13(6-8-15)9-12-1-3-14(4-2-12)10-16(18)19/h1-4,9,15H,5-8,10-11,17H2,(H,18,19). The summed E-state index contributed by atoms with van der Waals surface area (Å²) in [5, 5.41) is 8.72. The molecule has 1 aromatic carbocycles. The molecular weight excluding hydrogens is 238 g/mol. The van der Waals surface area contributed by atoms with Gasteiger partial charge in [-0.1, -0.05) is 35.9 Å². The van der Waals surface area contributed by atoms with Crippen LogP contribution in [0.5, 0.6) is 0 Å². The number of hydrogen-bond donors (Lipinski definition) is 2. The number of carboxylic acids is 1. The van der Waals surface area contributed by atoms with E-state index in [0.29, 0.717) is 5.92 Å². The number of carbonyl (C=O) groups is 1. The van der Waals surface area contributed by atoms with E-state index in [1.165, 1.54) is 18.4 Å². The Hall–Kier alpha value is -1.61. The monoisotopic (exact) mass is 259 g/mol. The first-order valence-corrected chi connectivity index (χ1v) is 6.87. The lowest BCUT2D eigenvalue weighted by Crippen LogP contribution is -2.17. The van der Waals surface area contributed by atoms with Gasteiger partial charge < -0.3 is 10.8 Å². The van der Waals surface area contributed by atoms with E-state index in [-0.39, 0.29) is 6.42 Å². The molecule has 0 bridgehead atoms. The highest BCUT2D eigenvalue weighted by Gasteiger charge is 2.14. The predicted molar refractivity (Wildman–Crippen MR) is 76.8 cm³/mol. The topological polar surface area (TPSA) is 63.3 Å². The maximum absolute atomic E-state index is 10.6. The zero-order chi connectivity index (χ0) is 13.7. The fourth-order valence-corrected chi connectivity index (χ4v) is 2.57. The van der Waals surface area contributed by atoms with Crippen LogP contribution < -0.4 is 5.73 Å². The molecule has 1 aliphatic rings. The average molecular weight is 259 g/mol. The normalized spacial score (nSPS) is 19.2. The molecule has 19 heavy (non-hydrogen) atoms. The summed E-state index contributed by atoms with van der Waals surface area (Å²) in [6, 6.07) is 7.79. The Morgan fingerprint density at radius 2 is 1.89 bits per heavy atom. The number of carboxylic acid groups (broad SMARTS) is 1. The van der Waals surface area contributed by atoms with E-state index in [2.05, 4.69) is 6.08 Å². The number of allylic oxidation sites excluding steroid dienone is 1. The Balaban J connectivity index is 1.97. The van der Waals surface area contributed by atoms with Crippen molar-refractivity contribution in [1.29, 1.82) is 0 Å². The quantitative estimate of drug-likeness (QED) is 0.874. The Kier molecular flexibility index (Phi) is 4.74. The van der Waals surface area contributed by atoms with E-state index in [4.69, 9.17) is 10.8 Å². The summed E-state index contributed by atoms with van der Waals surface area (Å²) >= 11 is 0. The van der Waals surface area contributed by atoms with Crippen molar-refractivity contribution in [2.45, 2.75) is 32.1 Å². The maximum atomic E-state index is 10.6. The van der Waals surface area contributed by atoms with Gasteiger partial charge in [0, 0.05) is 0 Å². The molecule has 0 unspecified atom stereocenters. The second kappa shape index (κ2) is 6.53. The molecule has 1 saturated carbocycles. The smallest absolute Gasteiger partial charge is 0.307 e. The Morgan fingerprint density at radius 1 is 1.26 bits per heavy atom. The summed E-state index contributed by atoms with van der Waals surface area (Å²) in [6.45, 7) is 0.803. The number of benzene rings is 1. The van der Waals surface area contributed by atoms with Gasteiger partial charge >= 0.3 is 5.97 Å². The Labute approximate surface area is 114 Å². The SMILES string of the molecule is NCC1CCC(=Cc2ccc(CC(=O)O)cc2)CC1. The largest absolute Gasteiger partial charge is 0.481 e. The molecule has 3 nitrogen and oxygen atoms in total. The van der Waals surface area contributed by atoms with Crippen molar-refractivity contribution in [3.05, 3.63) is 41.0 Å². The van der Waals surface area contributed by atoms with Gasteiger partial charge in [0.25, 0.3) is 0 Å². The molecule has 3 heteroatoms. The van der Waals surface area contributed by atoms with E-state index >= 15 is 0 Å². The van der Waals surface area contributed by atoms with Crippen LogP contribution >= 0.6 is 0 Å². The van der Waals surface area contributed by atoms with Gasteiger partial charge in [-0.3, -0.25) is 4.79 Å². The third-order valence-corrected chi connectivity index (χ3v) is 3.79. The lowest BCUT2D eigenvalue weighted by molar-refractivity contribution is -0.136. The second-order valence-electron chi connectivity index (χ2n) is 5.29. The van der Waals surface area contributed by atoms with Gasteiger partial charge in [0.05, 0.1) is 6.42 Å². The van der Waals surface area contributed by atoms with Crippen LogP contribution in [-0.2, 0) is 11.2 Å². The molecule has 0 radical (unpaired) electrons. The van der Waals surface area contributed by atoms with E-state index in [1.54, 1.807) is 0 Å². The van der Waals surface area contributed by atoms with Crippen molar-refractivity contribution < 1.29 is 9.90 Å². The molecule has 1 aromatic rings. The molecule has 0 saturated heterocycles. The first kappa shape index (κ1) is 13.8. The summed E-state index contributed by atoms with van der Waals surface area (Å²) < 4.78 is 0. The summed E-state index contributed by atoms with van der Waals surface area (Å²) in [5.41, 5.74) is 9.18. The number of aliphatic carboxylic acids is 1. The number of nitrogens with two attached hydrogens (primary N) is 1. The van der Waals surface area contributed by atoms with Crippen LogP contribution in [0, 0.1) is 5.92 Å². The van der Waals surface area contributed by atoms with Crippen LogP contribution in [-0.4, -0.2) is 17.6 Å². The fourth-order valence-electron chi connectivity index (χ4n) is 2.57. The van der Waals surface area contributed by atoms with Gasteiger partial charge in [-0.2, -0.15) is 0 Å². The van der Waals surface area contributed by atoms with Gasteiger partial charge in [0.2, 0.25) is 0 Å². The van der Waals surface area contributed by atoms with Crippen molar-refractivity contribution in [3.63, 3.8) is 0 Å². The lowest BCUT2D eigenvalue weighted by Gasteiger charge is -2.22. The van der Waals surface area contributed by atoms with Gasteiger partial charge in [-0.15, -0.1) is 0 Å². The zero-order valence-corrected chi connectivity index (χ0v) is 11.1. The third-order valence-electron chi connectivity index (χ3n) is 3.79. The van der Waals surface area contributed by atoms with Gasteiger partial charge in [-0.25, -0.2) is 0 Å². The van der Waals surface area contributed by atoms with Gasteiger partial charge in [-0.05, 0) is 49.3 Å². The Morgan fingerprint density at radius 3 is 2.42 bits per heavy atom. The molecule has 0 amide bonds. The molecular formula is C16H21NO2. The van der Waals surface area contributed by atoms with Gasteiger partial charge in [0.1, 0.15) is 0 Å². The fraction of sp³-hybridized carbons (Fsp3) is 0.438. The van der Waals surface area contributed by atoms with E-state index in [0.717, 1.165) is 30.5 Å². The molecule has 3 N–H and O–H groups in total. The van der Waals surface area contributed by atoms with E-state index < -0.39 is 5.97 Å². The average Bonchev–Trinajstić information content (AvgIpc) is 2.41. The molecule has 102 valence electrons. The van der Waals surface area contributed by atoms with Crippen LogP contribution in [0.25, 0.3) is 6.08 Å². The minimum Gasteiger partial charge on any atom is -0.481 e. The summed E-state index contributed by atoms with van der Waals surface area (Å²) in [4.78, 5) is 10.6. The molecule has 1 aliphatic carbocycles. The second-order valence-corrected chi connectivity index (χ2v) is 5.29. The van der Waals surface area contributed by atoms with Crippen LogP contribution in [0.1, 0.15) is 36.8 Å². The predicted octanol–water partition coefficient (Wildman–Crippen LogP) is 2.85. The van der Waals surface area contributed by atoms with Crippen molar-refractivity contribution in [3.8, 4) is 0 Å². The number of rotatable bonds is 4. The van der Waals surface area contributed by atoms with Crippen molar-refractivity contribution in [2.75, 3.05) is 6.54 Å². The minimum atomic E-state index is -0.786. The number of hydrogen-bond acceptors (Lipinski definition) is 2.